The number of nitrogens with zero attached hydrogens (tertiary/aromatic N) is 1. The second-order valence-electron chi connectivity index (χ2n) is 5.29. The van der Waals surface area contributed by atoms with Crippen LogP contribution in [0.5, 0.6) is 0 Å². The van der Waals surface area contributed by atoms with E-state index in [0.717, 1.165) is 12.1 Å². The van der Waals surface area contributed by atoms with E-state index in [4.69, 9.17) is 0 Å². The Morgan fingerprint density at radius 2 is 2.04 bits per heavy atom. The number of hydrazone groups is 1. The first-order chi connectivity index (χ1) is 11.3. The van der Waals surface area contributed by atoms with Crippen LogP contribution in [0, 0.1) is 5.82 Å². The average Bonchev–Trinajstić information content (AvgIpc) is 2.52. The molecule has 130 valence electrons. The molecular formula is C15H15F4N3O2. The zero-order valence-corrected chi connectivity index (χ0v) is 12.5. The smallest absolute Gasteiger partial charge is 0.352 e. The molecule has 1 heterocycles. The zero-order valence-electron chi connectivity index (χ0n) is 12.5. The van der Waals surface area contributed by atoms with Crippen LogP contribution < -0.4 is 10.7 Å². The van der Waals surface area contributed by atoms with Crippen LogP contribution >= 0.6 is 0 Å². The highest BCUT2D eigenvalue weighted by atomic mass is 19.4. The Bertz CT molecular complexity index is 671. The van der Waals surface area contributed by atoms with E-state index >= 15 is 0 Å². The Morgan fingerprint density at radius 1 is 1.29 bits per heavy atom. The molecule has 0 atom stereocenters. The summed E-state index contributed by atoms with van der Waals surface area (Å²) < 4.78 is 51.0. The third kappa shape index (κ3) is 5.04. The van der Waals surface area contributed by atoms with Crippen LogP contribution in [0.1, 0.15) is 36.8 Å². The summed E-state index contributed by atoms with van der Waals surface area (Å²) in [6.07, 6.45) is -3.37. The lowest BCUT2D eigenvalue weighted by atomic mass is 10.1. The summed E-state index contributed by atoms with van der Waals surface area (Å²) in [4.78, 5) is 22.6. The molecule has 0 aliphatic carbocycles. The van der Waals surface area contributed by atoms with Crippen LogP contribution in [0.25, 0.3) is 0 Å². The number of amides is 2. The summed E-state index contributed by atoms with van der Waals surface area (Å²) in [6, 6.07) is 2.17. The number of hydrogen-bond donors (Lipinski definition) is 2. The Balaban J connectivity index is 1.82. The van der Waals surface area contributed by atoms with Gasteiger partial charge < -0.3 is 5.32 Å². The number of carbonyl (C=O) groups excluding carboxylic acids is 2. The average molecular weight is 345 g/mol. The molecule has 2 rings (SSSR count). The SMILES string of the molecule is O=C(CCC1=NNC(=O)CC1)NCc1ccc(C(F)(F)F)cc1F. The van der Waals surface area contributed by atoms with Gasteiger partial charge in [-0.2, -0.15) is 18.3 Å². The van der Waals surface area contributed by atoms with Crippen molar-refractivity contribution in [1.29, 1.82) is 0 Å². The van der Waals surface area contributed by atoms with Crippen molar-refractivity contribution in [3.63, 3.8) is 0 Å². The number of rotatable bonds is 5. The summed E-state index contributed by atoms with van der Waals surface area (Å²) >= 11 is 0. The molecule has 1 aromatic carbocycles. The second-order valence-corrected chi connectivity index (χ2v) is 5.29. The standard InChI is InChI=1S/C15H15F4N3O2/c16-12-7-10(15(17,18)19)2-1-9(12)8-20-13(23)5-3-11-4-6-14(24)22-21-11/h1-2,7H,3-6,8H2,(H,20,23)(H,22,24). The van der Waals surface area contributed by atoms with Crippen LogP contribution in [-0.4, -0.2) is 17.5 Å². The van der Waals surface area contributed by atoms with Crippen LogP contribution in [-0.2, 0) is 22.3 Å². The van der Waals surface area contributed by atoms with Gasteiger partial charge in [-0.05, 0) is 25.0 Å². The fourth-order valence-electron chi connectivity index (χ4n) is 2.10. The van der Waals surface area contributed by atoms with Gasteiger partial charge in [-0.3, -0.25) is 9.59 Å². The van der Waals surface area contributed by atoms with Crippen molar-refractivity contribution in [3.05, 3.63) is 35.1 Å². The maximum absolute atomic E-state index is 13.6. The number of benzene rings is 1. The number of nitrogens with one attached hydrogen (secondary N) is 2. The largest absolute Gasteiger partial charge is 0.416 e. The fourth-order valence-corrected chi connectivity index (χ4v) is 2.10. The number of carbonyl (C=O) groups is 2. The van der Waals surface area contributed by atoms with E-state index in [1.165, 1.54) is 0 Å². The summed E-state index contributed by atoms with van der Waals surface area (Å²) in [5.74, 6) is -1.58. The van der Waals surface area contributed by atoms with E-state index in [0.29, 0.717) is 31.0 Å². The molecule has 24 heavy (non-hydrogen) atoms. The van der Waals surface area contributed by atoms with Gasteiger partial charge in [0, 0.05) is 30.7 Å². The molecule has 0 aromatic heterocycles. The molecule has 0 spiro atoms. The van der Waals surface area contributed by atoms with Crippen molar-refractivity contribution in [1.82, 2.24) is 10.7 Å². The van der Waals surface area contributed by atoms with E-state index in [-0.39, 0.29) is 30.3 Å². The van der Waals surface area contributed by atoms with E-state index in [1.54, 1.807) is 0 Å². The highest BCUT2D eigenvalue weighted by Gasteiger charge is 2.31. The zero-order chi connectivity index (χ0) is 17.7. The van der Waals surface area contributed by atoms with Gasteiger partial charge in [0.15, 0.2) is 0 Å². The molecule has 1 aromatic rings. The van der Waals surface area contributed by atoms with Crippen molar-refractivity contribution in [2.45, 2.75) is 38.4 Å². The molecular weight excluding hydrogens is 330 g/mol. The van der Waals surface area contributed by atoms with Crippen LogP contribution in [0.2, 0.25) is 0 Å². The third-order valence-electron chi connectivity index (χ3n) is 3.48. The molecule has 0 saturated heterocycles. The molecule has 1 aliphatic rings. The highest BCUT2D eigenvalue weighted by Crippen LogP contribution is 2.30. The van der Waals surface area contributed by atoms with Crippen molar-refractivity contribution in [3.8, 4) is 0 Å². The lowest BCUT2D eigenvalue weighted by molar-refractivity contribution is -0.137. The van der Waals surface area contributed by atoms with Crippen molar-refractivity contribution in [2.75, 3.05) is 0 Å². The Kier molecular flexibility index (Phi) is 5.53. The minimum atomic E-state index is -4.61. The highest BCUT2D eigenvalue weighted by molar-refractivity contribution is 5.94. The number of hydrogen-bond acceptors (Lipinski definition) is 3. The first-order valence-corrected chi connectivity index (χ1v) is 7.22. The maximum Gasteiger partial charge on any atom is 0.416 e. The van der Waals surface area contributed by atoms with Gasteiger partial charge in [0.2, 0.25) is 11.8 Å². The summed E-state index contributed by atoms with van der Waals surface area (Å²) in [5.41, 5.74) is 1.89. The third-order valence-corrected chi connectivity index (χ3v) is 3.48. The van der Waals surface area contributed by atoms with E-state index in [1.807, 2.05) is 0 Å². The van der Waals surface area contributed by atoms with E-state index < -0.39 is 17.6 Å². The monoisotopic (exact) mass is 345 g/mol. The first-order valence-electron chi connectivity index (χ1n) is 7.22. The van der Waals surface area contributed by atoms with Crippen molar-refractivity contribution in [2.24, 2.45) is 5.10 Å². The Labute approximate surface area is 135 Å². The molecule has 0 unspecified atom stereocenters. The molecule has 0 radical (unpaired) electrons. The van der Waals surface area contributed by atoms with Crippen LogP contribution in [0.15, 0.2) is 23.3 Å². The van der Waals surface area contributed by atoms with Crippen LogP contribution in [0.4, 0.5) is 17.6 Å². The van der Waals surface area contributed by atoms with Gasteiger partial charge in [0.1, 0.15) is 5.82 Å². The molecule has 2 amide bonds. The lowest BCUT2D eigenvalue weighted by Crippen LogP contribution is -2.27. The summed E-state index contributed by atoms with van der Waals surface area (Å²) in [5, 5.41) is 6.26. The van der Waals surface area contributed by atoms with E-state index in [9.17, 15) is 27.2 Å². The van der Waals surface area contributed by atoms with Gasteiger partial charge in [0.05, 0.1) is 5.56 Å². The molecule has 0 fully saturated rings. The maximum atomic E-state index is 13.6. The number of halogens is 4. The van der Waals surface area contributed by atoms with Gasteiger partial charge in [-0.1, -0.05) is 6.07 Å². The van der Waals surface area contributed by atoms with Gasteiger partial charge in [0.25, 0.3) is 0 Å². The molecule has 5 nitrogen and oxygen atoms in total. The Morgan fingerprint density at radius 3 is 2.62 bits per heavy atom. The molecule has 0 bridgehead atoms. The quantitative estimate of drug-likeness (QED) is 0.805. The van der Waals surface area contributed by atoms with Crippen molar-refractivity contribution < 1.29 is 27.2 Å². The molecule has 1 aliphatic heterocycles. The minimum absolute atomic E-state index is 0.0291. The van der Waals surface area contributed by atoms with Gasteiger partial charge in [-0.15, -0.1) is 0 Å². The summed E-state index contributed by atoms with van der Waals surface area (Å²) in [6.45, 7) is -0.202. The van der Waals surface area contributed by atoms with Crippen molar-refractivity contribution >= 4 is 17.5 Å². The molecule has 2 N–H and O–H groups in total. The van der Waals surface area contributed by atoms with Crippen LogP contribution in [0.3, 0.4) is 0 Å². The molecule has 0 saturated carbocycles. The Hall–Kier alpha value is -2.45. The topological polar surface area (TPSA) is 70.6 Å². The first kappa shape index (κ1) is 17.9. The number of alkyl halides is 3. The predicted molar refractivity (Wildman–Crippen MR) is 77.3 cm³/mol. The molecule has 9 heteroatoms. The predicted octanol–water partition coefficient (Wildman–Crippen LogP) is 2.51. The fraction of sp³-hybridized carbons (Fsp3) is 0.400. The van der Waals surface area contributed by atoms with Gasteiger partial charge >= 0.3 is 6.18 Å². The summed E-state index contributed by atoms with van der Waals surface area (Å²) in [7, 11) is 0. The van der Waals surface area contributed by atoms with E-state index in [2.05, 4.69) is 15.8 Å². The lowest BCUT2D eigenvalue weighted by Gasteiger charge is -2.12. The van der Waals surface area contributed by atoms with Gasteiger partial charge in [-0.25, -0.2) is 9.82 Å². The second kappa shape index (κ2) is 7.41. The minimum Gasteiger partial charge on any atom is -0.352 e. The normalized spacial score (nSPS) is 14.8.